The molecule has 0 bridgehead atoms. The maximum Gasteiger partial charge on any atom is 0.179 e. The Morgan fingerprint density at radius 3 is 3.14 bits per heavy atom. The summed E-state index contributed by atoms with van der Waals surface area (Å²) in [5.74, 6) is -0.640. The summed E-state index contributed by atoms with van der Waals surface area (Å²) in [5.41, 5.74) is 0. The van der Waals surface area contributed by atoms with Crippen LogP contribution in [0.4, 0.5) is 0 Å². The van der Waals surface area contributed by atoms with Gasteiger partial charge in [0.15, 0.2) is 11.6 Å². The molecule has 6 heteroatoms. The second-order valence-corrected chi connectivity index (χ2v) is 3.24. The number of nitrogens with zero attached hydrogens (tertiary/aromatic N) is 3. The molecule has 0 radical (unpaired) electrons. The maximum atomic E-state index is 10.7. The zero-order valence-electron chi connectivity index (χ0n) is 7.86. The molecule has 1 aromatic rings. The van der Waals surface area contributed by atoms with Gasteiger partial charge in [-0.3, -0.25) is 0 Å². The number of carboxylic acids is 1. The van der Waals surface area contributed by atoms with E-state index in [1.165, 1.54) is 0 Å². The predicted molar refractivity (Wildman–Crippen MR) is 45.4 cm³/mol. The molecule has 0 aromatic carbocycles. The molecule has 0 spiro atoms. The SMILES string of the molecule is CCC1NCCn2c(C(=O)[O-])nnc21. The first-order chi connectivity index (χ1) is 6.74. The summed E-state index contributed by atoms with van der Waals surface area (Å²) < 4.78 is 1.61. The number of hydrogen-bond donors (Lipinski definition) is 1. The molecule has 0 fully saturated rings. The first-order valence-electron chi connectivity index (χ1n) is 4.62. The van der Waals surface area contributed by atoms with Crippen molar-refractivity contribution in [3.63, 3.8) is 0 Å². The van der Waals surface area contributed by atoms with Gasteiger partial charge < -0.3 is 19.8 Å². The molecule has 1 unspecified atom stereocenters. The molecule has 14 heavy (non-hydrogen) atoms. The van der Waals surface area contributed by atoms with Crippen LogP contribution in [0.25, 0.3) is 0 Å². The van der Waals surface area contributed by atoms with Crippen LogP contribution in [0.3, 0.4) is 0 Å². The van der Waals surface area contributed by atoms with Crippen LogP contribution in [-0.4, -0.2) is 27.3 Å². The van der Waals surface area contributed by atoms with Gasteiger partial charge in [-0.1, -0.05) is 6.92 Å². The highest BCUT2D eigenvalue weighted by Gasteiger charge is 2.23. The third kappa shape index (κ3) is 1.27. The fourth-order valence-electron chi connectivity index (χ4n) is 1.71. The molecule has 0 saturated carbocycles. The third-order valence-electron chi connectivity index (χ3n) is 2.41. The summed E-state index contributed by atoms with van der Waals surface area (Å²) in [7, 11) is 0. The number of carbonyl (C=O) groups excluding carboxylic acids is 1. The second kappa shape index (κ2) is 3.38. The Labute approximate surface area is 80.9 Å². The van der Waals surface area contributed by atoms with Crippen LogP contribution < -0.4 is 10.4 Å². The highest BCUT2D eigenvalue weighted by atomic mass is 16.4. The third-order valence-corrected chi connectivity index (χ3v) is 2.41. The zero-order valence-corrected chi connectivity index (χ0v) is 7.86. The normalized spacial score (nSPS) is 20.5. The minimum atomic E-state index is -1.26. The number of aromatic carboxylic acids is 1. The topological polar surface area (TPSA) is 82.9 Å². The van der Waals surface area contributed by atoms with Crippen LogP contribution in [0.15, 0.2) is 0 Å². The van der Waals surface area contributed by atoms with Gasteiger partial charge in [-0.25, -0.2) is 0 Å². The Bertz CT molecular complexity index is 360. The van der Waals surface area contributed by atoms with E-state index in [0.717, 1.165) is 13.0 Å². The summed E-state index contributed by atoms with van der Waals surface area (Å²) in [5, 5.41) is 21.4. The van der Waals surface area contributed by atoms with E-state index in [4.69, 9.17) is 0 Å². The van der Waals surface area contributed by atoms with Gasteiger partial charge in [0.25, 0.3) is 0 Å². The number of aromatic nitrogens is 3. The monoisotopic (exact) mass is 195 g/mol. The number of nitrogens with one attached hydrogen (secondary N) is 1. The molecule has 1 aliphatic rings. The quantitative estimate of drug-likeness (QED) is 0.634. The van der Waals surface area contributed by atoms with Crippen molar-refractivity contribution in [3.05, 3.63) is 11.6 Å². The summed E-state index contributed by atoms with van der Waals surface area (Å²) in [6, 6.07) is 0.101. The number of carboxylic acid groups (broad SMARTS) is 1. The Hall–Kier alpha value is -1.43. The zero-order chi connectivity index (χ0) is 10.1. The lowest BCUT2D eigenvalue weighted by atomic mass is 10.2. The van der Waals surface area contributed by atoms with Crippen molar-refractivity contribution < 1.29 is 9.90 Å². The minimum absolute atomic E-state index is 0.0695. The van der Waals surface area contributed by atoms with E-state index in [-0.39, 0.29) is 11.9 Å². The van der Waals surface area contributed by atoms with E-state index >= 15 is 0 Å². The summed E-state index contributed by atoms with van der Waals surface area (Å²) >= 11 is 0. The lowest BCUT2D eigenvalue weighted by Crippen LogP contribution is -2.36. The number of carbonyl (C=O) groups is 1. The van der Waals surface area contributed by atoms with Crippen molar-refractivity contribution in [2.45, 2.75) is 25.9 Å². The molecule has 1 aromatic heterocycles. The van der Waals surface area contributed by atoms with Crippen molar-refractivity contribution in [2.75, 3.05) is 6.54 Å². The van der Waals surface area contributed by atoms with Crippen LogP contribution in [-0.2, 0) is 6.54 Å². The summed E-state index contributed by atoms with van der Waals surface area (Å²) in [4.78, 5) is 10.7. The Morgan fingerprint density at radius 2 is 2.50 bits per heavy atom. The van der Waals surface area contributed by atoms with Crippen molar-refractivity contribution in [1.82, 2.24) is 20.1 Å². The van der Waals surface area contributed by atoms with Gasteiger partial charge in [0.05, 0.1) is 6.04 Å². The Kier molecular flexibility index (Phi) is 2.20. The lowest BCUT2D eigenvalue weighted by Gasteiger charge is -2.23. The van der Waals surface area contributed by atoms with Gasteiger partial charge in [-0.15, -0.1) is 10.2 Å². The predicted octanol–water partition coefficient (Wildman–Crippen LogP) is -1.30. The summed E-state index contributed by atoms with van der Waals surface area (Å²) in [6.45, 7) is 3.34. The van der Waals surface area contributed by atoms with E-state index in [1.807, 2.05) is 6.92 Å². The van der Waals surface area contributed by atoms with Gasteiger partial charge in [0, 0.05) is 13.1 Å². The van der Waals surface area contributed by atoms with Crippen LogP contribution in [0.1, 0.15) is 35.8 Å². The highest BCUT2D eigenvalue weighted by molar-refractivity contribution is 5.81. The van der Waals surface area contributed by atoms with Crippen LogP contribution >= 0.6 is 0 Å². The minimum Gasteiger partial charge on any atom is -0.541 e. The largest absolute Gasteiger partial charge is 0.541 e. The highest BCUT2D eigenvalue weighted by Crippen LogP contribution is 2.18. The van der Waals surface area contributed by atoms with Gasteiger partial charge in [0.1, 0.15) is 5.97 Å². The molecule has 76 valence electrons. The Morgan fingerprint density at radius 1 is 1.71 bits per heavy atom. The molecule has 1 N–H and O–H groups in total. The van der Waals surface area contributed by atoms with Crippen LogP contribution in [0, 0.1) is 0 Å². The fraction of sp³-hybridized carbons (Fsp3) is 0.625. The van der Waals surface area contributed by atoms with Crippen molar-refractivity contribution >= 4 is 5.97 Å². The standard InChI is InChI=1S/C8H12N4O2/c1-2-5-6-10-11-7(8(13)14)12(6)4-3-9-5/h5,9H,2-4H2,1H3,(H,13,14)/p-1. The first-order valence-corrected chi connectivity index (χ1v) is 4.62. The van der Waals surface area contributed by atoms with Crippen LogP contribution in [0.2, 0.25) is 0 Å². The van der Waals surface area contributed by atoms with Crippen molar-refractivity contribution in [1.29, 1.82) is 0 Å². The molecule has 1 atom stereocenters. The first kappa shape index (κ1) is 9.14. The average molecular weight is 195 g/mol. The molecule has 0 aliphatic carbocycles. The maximum absolute atomic E-state index is 10.7. The Balaban J connectivity index is 2.42. The molecule has 1 aliphatic heterocycles. The van der Waals surface area contributed by atoms with Gasteiger partial charge in [0.2, 0.25) is 0 Å². The number of rotatable bonds is 2. The van der Waals surface area contributed by atoms with E-state index in [2.05, 4.69) is 15.5 Å². The van der Waals surface area contributed by atoms with Gasteiger partial charge >= 0.3 is 0 Å². The summed E-state index contributed by atoms with van der Waals surface area (Å²) in [6.07, 6.45) is 0.866. The molecule has 2 rings (SSSR count). The number of fused-ring (bicyclic) bond motifs is 1. The molecular formula is C8H11N4O2-. The van der Waals surface area contributed by atoms with E-state index in [0.29, 0.717) is 12.4 Å². The van der Waals surface area contributed by atoms with Crippen molar-refractivity contribution in [2.24, 2.45) is 0 Å². The van der Waals surface area contributed by atoms with E-state index < -0.39 is 5.97 Å². The molecular weight excluding hydrogens is 184 g/mol. The molecule has 0 amide bonds. The smallest absolute Gasteiger partial charge is 0.179 e. The van der Waals surface area contributed by atoms with Gasteiger partial charge in [-0.05, 0) is 6.42 Å². The molecule has 0 saturated heterocycles. The average Bonchev–Trinajstić information content (AvgIpc) is 2.60. The number of hydrogen-bond acceptors (Lipinski definition) is 5. The molecule has 2 heterocycles. The van der Waals surface area contributed by atoms with E-state index in [9.17, 15) is 9.90 Å². The molecule has 6 nitrogen and oxygen atoms in total. The van der Waals surface area contributed by atoms with Crippen LogP contribution in [0.5, 0.6) is 0 Å². The van der Waals surface area contributed by atoms with Gasteiger partial charge in [-0.2, -0.15) is 0 Å². The lowest BCUT2D eigenvalue weighted by molar-refractivity contribution is -0.256. The van der Waals surface area contributed by atoms with Crippen molar-refractivity contribution in [3.8, 4) is 0 Å². The fourth-order valence-corrected chi connectivity index (χ4v) is 1.71. The second-order valence-electron chi connectivity index (χ2n) is 3.24. The van der Waals surface area contributed by atoms with E-state index in [1.54, 1.807) is 4.57 Å².